The average molecular weight is 218 g/mol. The Bertz CT molecular complexity index is 518. The van der Waals surface area contributed by atoms with Crippen LogP contribution in [0.2, 0.25) is 0 Å². The van der Waals surface area contributed by atoms with Gasteiger partial charge in [-0.15, -0.1) is 0 Å². The molecule has 1 aromatic rings. The molecule has 0 radical (unpaired) electrons. The number of carbonyl (C=O) groups is 1. The number of carbonyl (C=O) groups excluding carboxylic acids is 1. The summed E-state index contributed by atoms with van der Waals surface area (Å²) in [5.74, 6) is -0.138. The number of benzene rings is 1. The van der Waals surface area contributed by atoms with E-state index in [2.05, 4.69) is 4.99 Å². The highest BCUT2D eigenvalue weighted by Gasteiger charge is 2.34. The van der Waals surface area contributed by atoms with Gasteiger partial charge in [0.15, 0.2) is 11.5 Å². The quantitative estimate of drug-likeness (QED) is 0.537. The second kappa shape index (κ2) is 3.23. The third-order valence-corrected chi connectivity index (χ3v) is 2.56. The standard InChI is InChI=1S/C11H10N2O3/c1-11(2)6-12-9-7(10(11)14)4-3-5-8(9)13(15)16/h3-6H,1-2H3. The Hall–Kier alpha value is -2.04. The lowest BCUT2D eigenvalue weighted by Gasteiger charge is -2.22. The zero-order valence-electron chi connectivity index (χ0n) is 8.93. The summed E-state index contributed by atoms with van der Waals surface area (Å²) >= 11 is 0. The maximum Gasteiger partial charge on any atom is 0.295 e. The van der Waals surface area contributed by atoms with Crippen LogP contribution in [0.5, 0.6) is 0 Å². The van der Waals surface area contributed by atoms with Crippen LogP contribution in [0.25, 0.3) is 0 Å². The lowest BCUT2D eigenvalue weighted by atomic mass is 9.82. The monoisotopic (exact) mass is 218 g/mol. The number of ketones is 1. The Labute approximate surface area is 92.0 Å². The van der Waals surface area contributed by atoms with E-state index in [1.807, 2.05) is 0 Å². The summed E-state index contributed by atoms with van der Waals surface area (Å²) in [6.07, 6.45) is 1.46. The molecule has 0 spiro atoms. The fourth-order valence-electron chi connectivity index (χ4n) is 1.63. The van der Waals surface area contributed by atoms with Gasteiger partial charge in [-0.3, -0.25) is 19.9 Å². The first kappa shape index (κ1) is 10.5. The van der Waals surface area contributed by atoms with E-state index in [-0.39, 0.29) is 17.2 Å². The van der Waals surface area contributed by atoms with E-state index < -0.39 is 10.3 Å². The number of para-hydroxylation sites is 1. The first-order valence-corrected chi connectivity index (χ1v) is 4.81. The number of fused-ring (bicyclic) bond motifs is 1. The third kappa shape index (κ3) is 1.41. The van der Waals surface area contributed by atoms with Crippen molar-refractivity contribution in [3.05, 3.63) is 33.9 Å². The number of Topliss-reactive ketones (excluding diaryl/α,β-unsaturated/α-hetero) is 1. The van der Waals surface area contributed by atoms with Crippen molar-refractivity contribution in [1.82, 2.24) is 0 Å². The fraction of sp³-hybridized carbons (Fsp3) is 0.273. The van der Waals surface area contributed by atoms with Crippen LogP contribution >= 0.6 is 0 Å². The van der Waals surface area contributed by atoms with Crippen molar-refractivity contribution in [3.63, 3.8) is 0 Å². The number of nitro groups is 1. The molecule has 1 aliphatic heterocycles. The SMILES string of the molecule is CC1(C)C=Nc2c(cccc2[N+](=O)[O-])C1=O. The van der Waals surface area contributed by atoms with E-state index in [0.29, 0.717) is 5.56 Å². The molecule has 0 fully saturated rings. The van der Waals surface area contributed by atoms with Gasteiger partial charge < -0.3 is 0 Å². The molecule has 0 saturated heterocycles. The molecule has 0 saturated carbocycles. The minimum absolute atomic E-state index is 0.127. The summed E-state index contributed by atoms with van der Waals surface area (Å²) in [7, 11) is 0. The largest absolute Gasteiger partial charge is 0.295 e. The van der Waals surface area contributed by atoms with Crippen molar-refractivity contribution >= 4 is 23.4 Å². The smallest absolute Gasteiger partial charge is 0.293 e. The summed E-state index contributed by atoms with van der Waals surface area (Å²) in [4.78, 5) is 26.3. The zero-order chi connectivity index (χ0) is 11.9. The molecule has 0 amide bonds. The second-order valence-electron chi connectivity index (χ2n) is 4.24. The molecule has 0 atom stereocenters. The number of aliphatic imine (C=N–C) groups is 1. The minimum Gasteiger partial charge on any atom is -0.293 e. The Kier molecular flexibility index (Phi) is 2.11. The van der Waals surface area contributed by atoms with Crippen LogP contribution in [0.15, 0.2) is 23.2 Å². The van der Waals surface area contributed by atoms with E-state index in [1.165, 1.54) is 18.3 Å². The van der Waals surface area contributed by atoms with Crippen LogP contribution in [0.1, 0.15) is 24.2 Å². The lowest BCUT2D eigenvalue weighted by Crippen LogP contribution is -2.28. The predicted octanol–water partition coefficient (Wildman–Crippen LogP) is 2.52. The van der Waals surface area contributed by atoms with E-state index in [4.69, 9.17) is 0 Å². The first-order chi connectivity index (χ1) is 7.43. The van der Waals surface area contributed by atoms with Crippen molar-refractivity contribution in [1.29, 1.82) is 0 Å². The molecular weight excluding hydrogens is 208 g/mol. The average Bonchev–Trinajstić information content (AvgIpc) is 2.23. The third-order valence-electron chi connectivity index (χ3n) is 2.56. The lowest BCUT2D eigenvalue weighted by molar-refractivity contribution is -0.384. The number of rotatable bonds is 1. The van der Waals surface area contributed by atoms with Gasteiger partial charge in [0.25, 0.3) is 5.69 Å². The van der Waals surface area contributed by atoms with Crippen LogP contribution in [-0.2, 0) is 0 Å². The molecule has 0 unspecified atom stereocenters. The van der Waals surface area contributed by atoms with Crippen molar-refractivity contribution in [2.45, 2.75) is 13.8 Å². The van der Waals surface area contributed by atoms with Gasteiger partial charge in [0.05, 0.1) is 15.9 Å². The highest BCUT2D eigenvalue weighted by Crippen LogP contribution is 2.38. The number of hydrogen-bond donors (Lipinski definition) is 0. The highest BCUT2D eigenvalue weighted by molar-refractivity contribution is 6.15. The van der Waals surface area contributed by atoms with Crippen LogP contribution in [0.3, 0.4) is 0 Å². The summed E-state index contributed by atoms with van der Waals surface area (Å²) < 4.78 is 0. The second-order valence-corrected chi connectivity index (χ2v) is 4.24. The number of hydrogen-bond acceptors (Lipinski definition) is 4. The molecular formula is C11H10N2O3. The van der Waals surface area contributed by atoms with Gasteiger partial charge >= 0.3 is 0 Å². The molecule has 1 aliphatic rings. The van der Waals surface area contributed by atoms with Crippen molar-refractivity contribution in [2.24, 2.45) is 10.4 Å². The Morgan fingerprint density at radius 3 is 2.69 bits per heavy atom. The van der Waals surface area contributed by atoms with E-state index >= 15 is 0 Å². The summed E-state index contributed by atoms with van der Waals surface area (Å²) in [5, 5.41) is 10.8. The maximum atomic E-state index is 12.0. The molecule has 5 heteroatoms. The van der Waals surface area contributed by atoms with Gasteiger partial charge in [-0.05, 0) is 19.9 Å². The first-order valence-electron chi connectivity index (χ1n) is 4.81. The predicted molar refractivity (Wildman–Crippen MR) is 59.4 cm³/mol. The van der Waals surface area contributed by atoms with Gasteiger partial charge in [0.2, 0.25) is 0 Å². The number of nitrogens with zero attached hydrogens (tertiary/aromatic N) is 2. The van der Waals surface area contributed by atoms with E-state index in [1.54, 1.807) is 19.9 Å². The summed E-state index contributed by atoms with van der Waals surface area (Å²) in [5.41, 5.74) is -0.335. The molecule has 82 valence electrons. The molecule has 0 N–H and O–H groups in total. The molecule has 1 heterocycles. The van der Waals surface area contributed by atoms with Gasteiger partial charge in [0.1, 0.15) is 0 Å². The molecule has 0 aromatic heterocycles. The summed E-state index contributed by atoms with van der Waals surface area (Å²) in [6.45, 7) is 3.47. The molecule has 16 heavy (non-hydrogen) atoms. The normalized spacial score (nSPS) is 17.0. The molecule has 0 aliphatic carbocycles. The van der Waals surface area contributed by atoms with E-state index in [0.717, 1.165) is 0 Å². The van der Waals surface area contributed by atoms with Gasteiger partial charge in [0, 0.05) is 12.3 Å². The summed E-state index contributed by atoms with van der Waals surface area (Å²) in [6, 6.07) is 4.43. The van der Waals surface area contributed by atoms with Crippen molar-refractivity contribution in [2.75, 3.05) is 0 Å². The molecule has 5 nitrogen and oxygen atoms in total. The van der Waals surface area contributed by atoms with Crippen molar-refractivity contribution in [3.8, 4) is 0 Å². The zero-order valence-corrected chi connectivity index (χ0v) is 8.93. The van der Waals surface area contributed by atoms with Gasteiger partial charge in [-0.2, -0.15) is 0 Å². The fourth-order valence-corrected chi connectivity index (χ4v) is 1.63. The topological polar surface area (TPSA) is 72.6 Å². The van der Waals surface area contributed by atoms with Gasteiger partial charge in [-0.1, -0.05) is 6.07 Å². The maximum absolute atomic E-state index is 12.0. The highest BCUT2D eigenvalue weighted by atomic mass is 16.6. The molecule has 1 aromatic carbocycles. The number of nitro benzene ring substituents is 1. The van der Waals surface area contributed by atoms with Crippen LogP contribution < -0.4 is 0 Å². The minimum atomic E-state index is -0.692. The Morgan fingerprint density at radius 1 is 1.38 bits per heavy atom. The molecule has 2 rings (SSSR count). The van der Waals surface area contributed by atoms with Crippen molar-refractivity contribution < 1.29 is 9.72 Å². The molecule has 0 bridgehead atoms. The Balaban J connectivity index is 2.68. The van der Waals surface area contributed by atoms with Crippen LogP contribution in [0, 0.1) is 15.5 Å². The van der Waals surface area contributed by atoms with E-state index in [9.17, 15) is 14.9 Å². The Morgan fingerprint density at radius 2 is 2.06 bits per heavy atom. The van der Waals surface area contributed by atoms with Gasteiger partial charge in [-0.25, -0.2) is 0 Å². The van der Waals surface area contributed by atoms with Crippen LogP contribution in [0.4, 0.5) is 11.4 Å². The van der Waals surface area contributed by atoms with Crippen LogP contribution in [-0.4, -0.2) is 16.9 Å².